The van der Waals surface area contributed by atoms with Crippen molar-refractivity contribution in [2.75, 3.05) is 70.1 Å². The summed E-state index contributed by atoms with van der Waals surface area (Å²) in [5.74, 6) is -1.23. The number of fused-ring (bicyclic) bond motifs is 1. The van der Waals surface area contributed by atoms with Gasteiger partial charge in [0.2, 0.25) is 11.8 Å². The average molecular weight is 685 g/mol. The number of piperidine rings is 1. The molecule has 4 aliphatic rings. The van der Waals surface area contributed by atoms with Crippen molar-refractivity contribution in [3.05, 3.63) is 58.7 Å². The van der Waals surface area contributed by atoms with Crippen LogP contribution in [0, 0.1) is 12.8 Å². The number of alkyl halides is 3. The van der Waals surface area contributed by atoms with Crippen LogP contribution in [0.3, 0.4) is 0 Å². The van der Waals surface area contributed by atoms with Gasteiger partial charge in [-0.25, -0.2) is 4.79 Å². The zero-order valence-corrected chi connectivity index (χ0v) is 28.1. The van der Waals surface area contributed by atoms with Crippen LogP contribution in [0.2, 0.25) is 0 Å². The first-order valence-electron chi connectivity index (χ1n) is 17.5. The molecule has 1 atom stereocenters. The molecule has 3 saturated heterocycles. The quantitative estimate of drug-likeness (QED) is 0.415. The molecule has 3 N–H and O–H groups in total. The maximum absolute atomic E-state index is 14.1. The minimum atomic E-state index is -4.64. The zero-order valence-electron chi connectivity index (χ0n) is 28.1. The van der Waals surface area contributed by atoms with Crippen LogP contribution in [0.15, 0.2) is 36.4 Å². The number of para-hydroxylation sites is 1. The lowest BCUT2D eigenvalue weighted by atomic mass is 9.90. The van der Waals surface area contributed by atoms with Gasteiger partial charge in [0.05, 0.1) is 11.5 Å². The Morgan fingerprint density at radius 1 is 0.939 bits per heavy atom. The zero-order chi connectivity index (χ0) is 34.7. The third-order valence-electron chi connectivity index (χ3n) is 10.7. The fraction of sp³-hybridized carbons (Fsp3) is 0.583. The molecule has 13 heteroatoms. The Hall–Kier alpha value is -3.84. The van der Waals surface area contributed by atoms with Crippen LogP contribution in [0.25, 0.3) is 0 Å². The Labute approximate surface area is 285 Å². The van der Waals surface area contributed by atoms with E-state index in [-0.39, 0.29) is 48.0 Å². The molecule has 0 saturated carbocycles. The number of halogens is 3. The van der Waals surface area contributed by atoms with Crippen molar-refractivity contribution in [1.29, 1.82) is 0 Å². The number of nitrogen functional groups attached to an aromatic ring is 1. The Morgan fingerprint density at radius 2 is 1.63 bits per heavy atom. The lowest BCUT2D eigenvalue weighted by Crippen LogP contribution is -2.54. The molecule has 0 aromatic heterocycles. The molecule has 0 spiro atoms. The van der Waals surface area contributed by atoms with Gasteiger partial charge in [0.25, 0.3) is 0 Å². The second kappa shape index (κ2) is 15.0. The SMILES string of the molecule is Cc1cc(C[C@@H](CC(=O)N2CCC(N3CCc4ccccc4NC3=O)CC2)C(=O)N2CCN(C3CCOCC3)CC2)cc(C(F)(F)F)c1N. The number of ether oxygens (including phenoxy) is 1. The molecule has 0 bridgehead atoms. The molecule has 6 rings (SSSR count). The molecule has 0 aliphatic carbocycles. The first-order valence-corrected chi connectivity index (χ1v) is 17.5. The molecule has 0 unspecified atom stereocenters. The number of rotatable bonds is 7. The standard InChI is InChI=1S/C36H47F3N6O4/c1-24-20-25(22-30(33(24)40)36(37,38)39)21-27(34(47)44-16-14-42(15-17-44)28-9-18-49-19-10-28)23-32(46)43-11-7-29(8-12-43)45-13-6-26-4-2-3-5-31(26)41-35(45)48/h2-5,20,22,27-29H,6-19,21,23,40H2,1H3,(H,41,48)/t27-/m0/s1. The number of hydrogen-bond acceptors (Lipinski definition) is 6. The molecule has 10 nitrogen and oxygen atoms in total. The van der Waals surface area contributed by atoms with E-state index in [1.165, 1.54) is 6.92 Å². The van der Waals surface area contributed by atoms with Gasteiger partial charge in [0.1, 0.15) is 0 Å². The third kappa shape index (κ3) is 8.15. The van der Waals surface area contributed by atoms with Crippen molar-refractivity contribution in [1.82, 2.24) is 19.6 Å². The molecule has 0 radical (unpaired) electrons. The summed E-state index contributed by atoms with van der Waals surface area (Å²) in [7, 11) is 0. The van der Waals surface area contributed by atoms with E-state index >= 15 is 0 Å². The molecule has 4 amide bonds. The highest BCUT2D eigenvalue weighted by Crippen LogP contribution is 2.37. The number of piperazine rings is 1. The number of nitrogens with one attached hydrogen (secondary N) is 1. The van der Waals surface area contributed by atoms with Crippen molar-refractivity contribution in [3.8, 4) is 0 Å². The number of amides is 4. The minimum Gasteiger partial charge on any atom is -0.398 e. The molecule has 49 heavy (non-hydrogen) atoms. The number of nitrogens with two attached hydrogens (primary N) is 1. The number of benzene rings is 2. The van der Waals surface area contributed by atoms with Gasteiger partial charge in [-0.1, -0.05) is 24.3 Å². The third-order valence-corrected chi connectivity index (χ3v) is 10.7. The van der Waals surface area contributed by atoms with Gasteiger partial charge < -0.3 is 30.5 Å². The van der Waals surface area contributed by atoms with Crippen LogP contribution in [0.5, 0.6) is 0 Å². The van der Waals surface area contributed by atoms with Gasteiger partial charge in [-0.15, -0.1) is 0 Å². The first-order chi connectivity index (χ1) is 23.5. The number of anilines is 2. The molecule has 3 fully saturated rings. The van der Waals surface area contributed by atoms with Gasteiger partial charge in [0, 0.05) is 88.9 Å². The number of likely N-dealkylation sites (tertiary alicyclic amines) is 1. The fourth-order valence-electron chi connectivity index (χ4n) is 7.88. The maximum Gasteiger partial charge on any atom is 0.418 e. The average Bonchev–Trinajstić information content (AvgIpc) is 3.27. The number of urea groups is 1. The summed E-state index contributed by atoms with van der Waals surface area (Å²) >= 11 is 0. The highest BCUT2D eigenvalue weighted by atomic mass is 19.4. The Bertz CT molecular complexity index is 1510. The summed E-state index contributed by atoms with van der Waals surface area (Å²) in [6.07, 6.45) is -0.887. The Kier molecular flexibility index (Phi) is 10.7. The van der Waals surface area contributed by atoms with Gasteiger partial charge in [-0.05, 0) is 74.3 Å². The largest absolute Gasteiger partial charge is 0.418 e. The van der Waals surface area contributed by atoms with Crippen LogP contribution in [-0.4, -0.2) is 109 Å². The minimum absolute atomic E-state index is 0.0000746. The van der Waals surface area contributed by atoms with Crippen LogP contribution >= 0.6 is 0 Å². The van der Waals surface area contributed by atoms with E-state index < -0.39 is 17.7 Å². The van der Waals surface area contributed by atoms with Gasteiger partial charge in [-0.2, -0.15) is 13.2 Å². The summed E-state index contributed by atoms with van der Waals surface area (Å²) < 4.78 is 47.1. The van der Waals surface area contributed by atoms with E-state index in [1.807, 2.05) is 29.2 Å². The van der Waals surface area contributed by atoms with Crippen molar-refractivity contribution < 1.29 is 32.3 Å². The molecule has 2 aromatic rings. The fourth-order valence-corrected chi connectivity index (χ4v) is 7.88. The number of carbonyl (C=O) groups excluding carboxylic acids is 3. The van der Waals surface area contributed by atoms with Crippen LogP contribution in [0.1, 0.15) is 54.4 Å². The summed E-state index contributed by atoms with van der Waals surface area (Å²) in [5, 5.41) is 3.02. The predicted molar refractivity (Wildman–Crippen MR) is 180 cm³/mol. The normalized spacial score (nSPS) is 20.8. The number of aryl methyl sites for hydroxylation is 1. The van der Waals surface area contributed by atoms with E-state index in [4.69, 9.17) is 10.5 Å². The molecule has 4 heterocycles. The number of hydrogen-bond donors (Lipinski definition) is 2. The highest BCUT2D eigenvalue weighted by molar-refractivity contribution is 5.91. The van der Waals surface area contributed by atoms with Crippen LogP contribution in [-0.2, 0) is 33.3 Å². The maximum atomic E-state index is 14.1. The van der Waals surface area contributed by atoms with E-state index in [0.717, 1.165) is 49.8 Å². The lowest BCUT2D eigenvalue weighted by Gasteiger charge is -2.41. The lowest BCUT2D eigenvalue weighted by molar-refractivity contribution is -0.143. The monoisotopic (exact) mass is 684 g/mol. The van der Waals surface area contributed by atoms with Gasteiger partial charge >= 0.3 is 12.2 Å². The Morgan fingerprint density at radius 3 is 2.33 bits per heavy atom. The summed E-state index contributed by atoms with van der Waals surface area (Å²) in [6.45, 7) is 6.86. The van der Waals surface area contributed by atoms with Crippen molar-refractivity contribution in [2.24, 2.45) is 5.92 Å². The van der Waals surface area contributed by atoms with Gasteiger partial charge in [0.15, 0.2) is 0 Å². The predicted octanol–water partition coefficient (Wildman–Crippen LogP) is 4.55. The summed E-state index contributed by atoms with van der Waals surface area (Å²) in [6, 6.07) is 10.6. The van der Waals surface area contributed by atoms with E-state index in [1.54, 1.807) is 15.9 Å². The van der Waals surface area contributed by atoms with Crippen LogP contribution in [0.4, 0.5) is 29.3 Å². The molecule has 266 valence electrons. The molecule has 2 aromatic carbocycles. The van der Waals surface area contributed by atoms with E-state index in [2.05, 4.69) is 10.2 Å². The van der Waals surface area contributed by atoms with Crippen LogP contribution < -0.4 is 11.1 Å². The van der Waals surface area contributed by atoms with E-state index in [0.29, 0.717) is 70.3 Å². The molecular formula is C36H47F3N6O4. The second-order valence-corrected chi connectivity index (χ2v) is 13.8. The van der Waals surface area contributed by atoms with Crippen molar-refractivity contribution >= 4 is 29.2 Å². The smallest absolute Gasteiger partial charge is 0.398 e. The van der Waals surface area contributed by atoms with Crippen molar-refractivity contribution in [2.45, 2.75) is 70.1 Å². The van der Waals surface area contributed by atoms with Gasteiger partial charge in [-0.3, -0.25) is 14.5 Å². The first kappa shape index (κ1) is 35.0. The number of carbonyl (C=O) groups is 3. The summed E-state index contributed by atoms with van der Waals surface area (Å²) in [4.78, 5) is 48.7. The van der Waals surface area contributed by atoms with E-state index in [9.17, 15) is 27.6 Å². The topological polar surface area (TPSA) is 111 Å². The molecular weight excluding hydrogens is 637 g/mol. The van der Waals surface area contributed by atoms with Crippen molar-refractivity contribution in [3.63, 3.8) is 0 Å². The molecule has 4 aliphatic heterocycles. The second-order valence-electron chi connectivity index (χ2n) is 13.8. The Balaban J connectivity index is 1.12. The highest BCUT2D eigenvalue weighted by Gasteiger charge is 2.37. The summed E-state index contributed by atoms with van der Waals surface area (Å²) in [5.41, 5.74) is 7.08. The number of nitrogens with zero attached hydrogens (tertiary/aromatic N) is 4.